The van der Waals surface area contributed by atoms with Gasteiger partial charge in [0.25, 0.3) is 0 Å². The van der Waals surface area contributed by atoms with Crippen molar-refractivity contribution in [3.8, 4) is 5.75 Å². The van der Waals surface area contributed by atoms with Crippen LogP contribution in [0.3, 0.4) is 0 Å². The van der Waals surface area contributed by atoms with Crippen LogP contribution in [0.4, 0.5) is 5.69 Å². The zero-order valence-electron chi connectivity index (χ0n) is 8.44. The number of carboxylic acids is 1. The van der Waals surface area contributed by atoms with Gasteiger partial charge in [0.05, 0.1) is 24.6 Å². The van der Waals surface area contributed by atoms with E-state index >= 15 is 0 Å². The second-order valence-corrected chi connectivity index (χ2v) is 3.19. The summed E-state index contributed by atoms with van der Waals surface area (Å²) in [7, 11) is 1.45. The third-order valence-corrected chi connectivity index (χ3v) is 2.31. The van der Waals surface area contributed by atoms with Gasteiger partial charge >= 0.3 is 5.97 Å². The maximum Gasteiger partial charge on any atom is 0.338 e. The monoisotopic (exact) mass is 216 g/mol. The fraction of sp³-hybridized carbons (Fsp3) is 0.0909. The smallest absolute Gasteiger partial charge is 0.338 e. The maximum atomic E-state index is 11.0. The number of aromatic carboxylic acids is 1. The molecule has 0 unspecified atom stereocenters. The lowest BCUT2D eigenvalue weighted by molar-refractivity contribution is 0.0699. The minimum absolute atomic E-state index is 0.142. The number of fused-ring (bicyclic) bond motifs is 1. The first kappa shape index (κ1) is 10.1. The summed E-state index contributed by atoms with van der Waals surface area (Å²) in [4.78, 5) is 17.1. The number of rotatable bonds is 2. The number of benzene rings is 1. The van der Waals surface area contributed by atoms with Crippen LogP contribution in [0.25, 0.3) is 15.7 Å². The van der Waals surface area contributed by atoms with E-state index < -0.39 is 5.97 Å². The van der Waals surface area contributed by atoms with Crippen molar-refractivity contribution in [1.82, 2.24) is 4.98 Å². The SMILES string of the molecule is [C-]#[N+]c1cc(OC)c2c(C(=O)O)c[nH]c2c1. The highest BCUT2D eigenvalue weighted by Crippen LogP contribution is 2.33. The molecule has 0 fully saturated rings. The normalized spacial score (nSPS) is 10.0. The molecule has 0 aliphatic carbocycles. The summed E-state index contributed by atoms with van der Waals surface area (Å²) in [5, 5.41) is 9.47. The van der Waals surface area contributed by atoms with Crippen LogP contribution in [0.2, 0.25) is 0 Å². The Kier molecular flexibility index (Phi) is 2.25. The van der Waals surface area contributed by atoms with E-state index in [0.717, 1.165) is 0 Å². The van der Waals surface area contributed by atoms with Crippen LogP contribution in [0.15, 0.2) is 18.3 Å². The van der Waals surface area contributed by atoms with Crippen molar-refractivity contribution in [2.45, 2.75) is 0 Å². The van der Waals surface area contributed by atoms with Gasteiger partial charge in [0.1, 0.15) is 5.75 Å². The van der Waals surface area contributed by atoms with Crippen molar-refractivity contribution in [2.75, 3.05) is 7.11 Å². The van der Waals surface area contributed by atoms with E-state index in [4.69, 9.17) is 16.4 Å². The molecule has 2 N–H and O–H groups in total. The number of nitrogens with zero attached hydrogens (tertiary/aromatic N) is 1. The molecule has 5 nitrogen and oxygen atoms in total. The van der Waals surface area contributed by atoms with Crippen LogP contribution in [0, 0.1) is 6.57 Å². The number of aromatic amines is 1. The number of hydrogen-bond donors (Lipinski definition) is 2. The molecule has 0 aliphatic heterocycles. The summed E-state index contributed by atoms with van der Waals surface area (Å²) >= 11 is 0. The van der Waals surface area contributed by atoms with Gasteiger partial charge in [-0.25, -0.2) is 9.64 Å². The molecule has 80 valence electrons. The van der Waals surface area contributed by atoms with Crippen molar-refractivity contribution < 1.29 is 14.6 Å². The Morgan fingerprint density at radius 3 is 2.88 bits per heavy atom. The molecule has 16 heavy (non-hydrogen) atoms. The zero-order chi connectivity index (χ0) is 11.7. The minimum Gasteiger partial charge on any atom is -0.497 e. The van der Waals surface area contributed by atoms with Gasteiger partial charge in [0.15, 0.2) is 5.69 Å². The molecular formula is C11H8N2O3. The quantitative estimate of drug-likeness (QED) is 0.757. The molecule has 0 atom stereocenters. The lowest BCUT2D eigenvalue weighted by Gasteiger charge is -2.03. The Bertz CT molecular complexity index is 607. The van der Waals surface area contributed by atoms with Crippen molar-refractivity contribution in [3.05, 3.63) is 35.3 Å². The third-order valence-electron chi connectivity index (χ3n) is 2.31. The van der Waals surface area contributed by atoms with E-state index in [1.54, 1.807) is 6.07 Å². The van der Waals surface area contributed by atoms with Gasteiger partial charge in [-0.2, -0.15) is 0 Å². The average Bonchev–Trinajstić information content (AvgIpc) is 2.71. The number of nitrogens with one attached hydrogen (secondary N) is 1. The van der Waals surface area contributed by atoms with E-state index in [-0.39, 0.29) is 5.56 Å². The molecule has 0 bridgehead atoms. The van der Waals surface area contributed by atoms with Crippen LogP contribution in [0.1, 0.15) is 10.4 Å². The van der Waals surface area contributed by atoms with E-state index in [9.17, 15) is 4.79 Å². The first-order chi connectivity index (χ1) is 7.67. The van der Waals surface area contributed by atoms with Crippen molar-refractivity contribution in [2.24, 2.45) is 0 Å². The highest BCUT2D eigenvalue weighted by Gasteiger charge is 2.15. The average molecular weight is 216 g/mol. The standard InChI is InChI=1S/C11H8N2O3/c1-12-6-3-8-10(9(4-6)16-2)7(5-13-8)11(14)15/h3-5,13H,2H3,(H,14,15). The van der Waals surface area contributed by atoms with E-state index in [2.05, 4.69) is 9.83 Å². The number of carboxylic acid groups (broad SMARTS) is 1. The highest BCUT2D eigenvalue weighted by atomic mass is 16.5. The molecule has 1 aromatic carbocycles. The fourth-order valence-electron chi connectivity index (χ4n) is 1.61. The molecule has 1 aromatic heterocycles. The Morgan fingerprint density at radius 1 is 1.56 bits per heavy atom. The van der Waals surface area contributed by atoms with Crippen LogP contribution < -0.4 is 4.74 Å². The maximum absolute atomic E-state index is 11.0. The van der Waals surface area contributed by atoms with Crippen LogP contribution in [-0.2, 0) is 0 Å². The van der Waals surface area contributed by atoms with Gasteiger partial charge < -0.3 is 14.8 Å². The summed E-state index contributed by atoms with van der Waals surface area (Å²) in [6.45, 7) is 6.92. The van der Waals surface area contributed by atoms with Gasteiger partial charge in [0, 0.05) is 11.7 Å². The first-order valence-corrected chi connectivity index (χ1v) is 4.47. The molecule has 1 heterocycles. The van der Waals surface area contributed by atoms with Crippen molar-refractivity contribution in [3.63, 3.8) is 0 Å². The first-order valence-electron chi connectivity index (χ1n) is 4.47. The van der Waals surface area contributed by atoms with Gasteiger partial charge in [-0.15, -0.1) is 0 Å². The largest absolute Gasteiger partial charge is 0.497 e. The van der Waals surface area contributed by atoms with E-state index in [1.807, 2.05) is 0 Å². The summed E-state index contributed by atoms with van der Waals surface area (Å²) in [5.41, 5.74) is 1.13. The number of H-pyrrole nitrogens is 1. The summed E-state index contributed by atoms with van der Waals surface area (Å²) in [6, 6.07) is 3.12. The summed E-state index contributed by atoms with van der Waals surface area (Å²) in [6.07, 6.45) is 1.39. The minimum atomic E-state index is -1.03. The molecule has 2 aromatic rings. The Balaban J connectivity index is 2.83. The van der Waals surface area contributed by atoms with Crippen LogP contribution in [-0.4, -0.2) is 23.2 Å². The molecule has 5 heteroatoms. The molecular weight excluding hydrogens is 208 g/mol. The van der Waals surface area contributed by atoms with Gasteiger partial charge in [0.2, 0.25) is 0 Å². The molecule has 0 spiro atoms. The van der Waals surface area contributed by atoms with Gasteiger partial charge in [-0.05, 0) is 12.1 Å². The molecule has 0 radical (unpaired) electrons. The Labute approximate surface area is 91.1 Å². The predicted octanol–water partition coefficient (Wildman–Crippen LogP) is 2.43. The molecule has 0 saturated carbocycles. The molecule has 2 rings (SSSR count). The fourth-order valence-corrected chi connectivity index (χ4v) is 1.61. The lowest BCUT2D eigenvalue weighted by atomic mass is 10.1. The van der Waals surface area contributed by atoms with E-state index in [1.165, 1.54) is 19.4 Å². The van der Waals surface area contributed by atoms with Gasteiger partial charge in [-0.1, -0.05) is 0 Å². The molecule has 0 amide bonds. The zero-order valence-corrected chi connectivity index (χ0v) is 8.44. The van der Waals surface area contributed by atoms with Crippen LogP contribution in [0.5, 0.6) is 5.75 Å². The second kappa shape index (κ2) is 3.59. The molecule has 0 aliphatic rings. The number of carbonyl (C=O) groups is 1. The number of ether oxygens (including phenoxy) is 1. The predicted molar refractivity (Wildman–Crippen MR) is 58.1 cm³/mol. The third kappa shape index (κ3) is 1.37. The molecule has 0 saturated heterocycles. The summed E-state index contributed by atoms with van der Waals surface area (Å²) in [5.74, 6) is -0.637. The van der Waals surface area contributed by atoms with Crippen molar-refractivity contribution >= 4 is 22.6 Å². The Hall–Kier alpha value is -2.48. The highest BCUT2D eigenvalue weighted by molar-refractivity contribution is 6.06. The Morgan fingerprint density at radius 2 is 2.31 bits per heavy atom. The summed E-state index contributed by atoms with van der Waals surface area (Å²) < 4.78 is 5.09. The number of aromatic nitrogens is 1. The van der Waals surface area contributed by atoms with Gasteiger partial charge in [-0.3, -0.25) is 0 Å². The van der Waals surface area contributed by atoms with Crippen LogP contribution >= 0.6 is 0 Å². The second-order valence-electron chi connectivity index (χ2n) is 3.19. The number of methoxy groups -OCH3 is 1. The topological polar surface area (TPSA) is 66.7 Å². The lowest BCUT2D eigenvalue weighted by Crippen LogP contribution is -1.95. The number of hydrogen-bond acceptors (Lipinski definition) is 2. The van der Waals surface area contributed by atoms with Crippen molar-refractivity contribution in [1.29, 1.82) is 0 Å². The van der Waals surface area contributed by atoms with E-state index in [0.29, 0.717) is 22.3 Å².